The molecule has 7 nitrogen and oxygen atoms in total. The predicted molar refractivity (Wildman–Crippen MR) is 59.7 cm³/mol. The van der Waals surface area contributed by atoms with Gasteiger partial charge < -0.3 is 15.0 Å². The first kappa shape index (κ1) is 12.7. The van der Waals surface area contributed by atoms with Crippen molar-refractivity contribution in [3.8, 4) is 0 Å². The Bertz CT molecular complexity index is 269. The van der Waals surface area contributed by atoms with Gasteiger partial charge in [0.1, 0.15) is 5.10 Å². The van der Waals surface area contributed by atoms with Crippen LogP contribution in [0.3, 0.4) is 0 Å². The van der Waals surface area contributed by atoms with Crippen LogP contribution in [0.15, 0.2) is 5.10 Å². The van der Waals surface area contributed by atoms with E-state index in [2.05, 4.69) is 17.3 Å². The van der Waals surface area contributed by atoms with Crippen molar-refractivity contribution in [1.29, 1.82) is 0 Å². The van der Waals surface area contributed by atoms with Crippen LogP contribution < -0.4 is 5.32 Å². The second-order valence-corrected chi connectivity index (χ2v) is 3.80. The van der Waals surface area contributed by atoms with E-state index in [1.807, 2.05) is 11.8 Å². The second-order valence-electron chi connectivity index (χ2n) is 3.80. The van der Waals surface area contributed by atoms with E-state index in [-0.39, 0.29) is 0 Å². The lowest BCUT2D eigenvalue weighted by Crippen LogP contribution is -2.35. The summed E-state index contributed by atoms with van der Waals surface area (Å²) >= 11 is 0. The molecule has 1 aliphatic rings. The molecule has 0 spiro atoms. The van der Waals surface area contributed by atoms with Crippen LogP contribution in [-0.4, -0.2) is 48.7 Å². The number of nitrogens with one attached hydrogen (secondary N) is 1. The lowest BCUT2D eigenvalue weighted by molar-refractivity contribution is -0.485. The van der Waals surface area contributed by atoms with Crippen molar-refractivity contribution in [3.05, 3.63) is 10.1 Å². The zero-order valence-corrected chi connectivity index (χ0v) is 9.68. The molecule has 0 aromatic rings. The largest absolute Gasteiger partial charge is 0.381 e. The van der Waals surface area contributed by atoms with E-state index < -0.39 is 5.03 Å². The Morgan fingerprint density at radius 1 is 1.75 bits per heavy atom. The molecule has 0 radical (unpaired) electrons. The predicted octanol–water partition coefficient (Wildman–Crippen LogP) is 0.112. The number of hydrogen-bond donors (Lipinski definition) is 1. The molecule has 0 aromatic carbocycles. The quantitative estimate of drug-likeness (QED) is 0.517. The molecule has 0 bridgehead atoms. The average Bonchev–Trinajstić information content (AvgIpc) is 2.62. The summed E-state index contributed by atoms with van der Waals surface area (Å²) in [6.07, 6.45) is 0. The van der Waals surface area contributed by atoms with Crippen LogP contribution in [0.5, 0.6) is 0 Å². The van der Waals surface area contributed by atoms with Crippen LogP contribution in [0, 0.1) is 16.0 Å². The Hall–Kier alpha value is -1.37. The number of guanidine groups is 1. The standard InChI is InChI=1S/C9H18N4O3/c1-3-16-7-8(2)6-12-5-4-10-9(12)11-13(14)15/h8H,3-7H2,1-2H3,(H,10,11). The summed E-state index contributed by atoms with van der Waals surface area (Å²) in [5, 5.41) is 15.8. The van der Waals surface area contributed by atoms with Crippen molar-refractivity contribution in [2.75, 3.05) is 32.8 Å². The van der Waals surface area contributed by atoms with Crippen molar-refractivity contribution in [3.63, 3.8) is 0 Å². The first-order valence-electron chi connectivity index (χ1n) is 5.43. The summed E-state index contributed by atoms with van der Waals surface area (Å²) in [6, 6.07) is 0. The number of hydrazone groups is 1. The number of ether oxygens (including phenoxy) is 1. The zero-order chi connectivity index (χ0) is 12.0. The van der Waals surface area contributed by atoms with Gasteiger partial charge in [-0.15, -0.1) is 0 Å². The molecule has 92 valence electrons. The first-order valence-corrected chi connectivity index (χ1v) is 5.43. The summed E-state index contributed by atoms with van der Waals surface area (Å²) in [7, 11) is 0. The fourth-order valence-corrected chi connectivity index (χ4v) is 1.62. The molecule has 16 heavy (non-hydrogen) atoms. The SMILES string of the molecule is CCOCC(C)CN1CCN/C1=N\[N+](=O)[O-]. The van der Waals surface area contributed by atoms with Crippen molar-refractivity contribution in [2.24, 2.45) is 11.0 Å². The van der Waals surface area contributed by atoms with Gasteiger partial charge in [-0.3, -0.25) is 0 Å². The van der Waals surface area contributed by atoms with Gasteiger partial charge in [0, 0.05) is 26.2 Å². The minimum atomic E-state index is -0.673. The summed E-state index contributed by atoms with van der Waals surface area (Å²) in [5.41, 5.74) is 0. The normalized spacial score (nSPS) is 19.9. The van der Waals surface area contributed by atoms with Crippen molar-refractivity contribution < 1.29 is 9.77 Å². The molecular formula is C9H18N4O3. The Labute approximate surface area is 94.6 Å². The minimum Gasteiger partial charge on any atom is -0.381 e. The van der Waals surface area contributed by atoms with Crippen LogP contribution in [0.1, 0.15) is 13.8 Å². The topological polar surface area (TPSA) is 80.0 Å². The molecule has 1 atom stereocenters. The van der Waals surface area contributed by atoms with E-state index in [0.29, 0.717) is 31.6 Å². The summed E-state index contributed by atoms with van der Waals surface area (Å²) in [6.45, 7) is 7.54. The molecule has 7 heteroatoms. The highest BCUT2D eigenvalue weighted by Gasteiger charge is 2.22. The summed E-state index contributed by atoms with van der Waals surface area (Å²) < 4.78 is 5.30. The van der Waals surface area contributed by atoms with Crippen molar-refractivity contribution in [1.82, 2.24) is 10.2 Å². The lowest BCUT2D eigenvalue weighted by Gasteiger charge is -2.20. The number of hydrogen-bond acceptors (Lipinski definition) is 3. The van der Waals surface area contributed by atoms with E-state index in [1.54, 1.807) is 0 Å². The van der Waals surface area contributed by atoms with E-state index in [9.17, 15) is 10.1 Å². The van der Waals surface area contributed by atoms with Crippen LogP contribution in [-0.2, 0) is 4.74 Å². The summed E-state index contributed by atoms with van der Waals surface area (Å²) in [5.74, 6) is 0.685. The van der Waals surface area contributed by atoms with Gasteiger partial charge in [0.05, 0.1) is 6.61 Å². The highest BCUT2D eigenvalue weighted by atomic mass is 16.7. The third kappa shape index (κ3) is 4.01. The third-order valence-corrected chi connectivity index (χ3v) is 2.28. The molecule has 0 aliphatic carbocycles. The fraction of sp³-hybridized carbons (Fsp3) is 0.889. The Kier molecular flexibility index (Phi) is 4.97. The molecule has 1 rings (SSSR count). The third-order valence-electron chi connectivity index (χ3n) is 2.28. The van der Waals surface area contributed by atoms with Gasteiger partial charge in [-0.25, -0.2) is 10.1 Å². The molecule has 1 aliphatic heterocycles. The molecule has 1 saturated heterocycles. The highest BCUT2D eigenvalue weighted by Crippen LogP contribution is 2.04. The van der Waals surface area contributed by atoms with Gasteiger partial charge in [-0.1, -0.05) is 6.92 Å². The van der Waals surface area contributed by atoms with Gasteiger partial charge in [0.25, 0.3) is 5.96 Å². The van der Waals surface area contributed by atoms with E-state index in [1.165, 1.54) is 0 Å². The molecule has 1 heterocycles. The monoisotopic (exact) mass is 230 g/mol. The maximum absolute atomic E-state index is 10.3. The fourth-order valence-electron chi connectivity index (χ4n) is 1.62. The molecule has 1 fully saturated rings. The van der Waals surface area contributed by atoms with Crippen LogP contribution >= 0.6 is 0 Å². The second kappa shape index (κ2) is 6.26. The van der Waals surface area contributed by atoms with Crippen molar-refractivity contribution in [2.45, 2.75) is 13.8 Å². The Morgan fingerprint density at radius 3 is 3.12 bits per heavy atom. The van der Waals surface area contributed by atoms with E-state index >= 15 is 0 Å². The molecule has 0 amide bonds. The van der Waals surface area contributed by atoms with Crippen LogP contribution in [0.25, 0.3) is 0 Å². The molecular weight excluding hydrogens is 212 g/mol. The molecule has 0 saturated carbocycles. The minimum absolute atomic E-state index is 0.330. The Balaban J connectivity index is 2.43. The van der Waals surface area contributed by atoms with Gasteiger partial charge in [-0.2, -0.15) is 0 Å². The smallest absolute Gasteiger partial charge is 0.271 e. The van der Waals surface area contributed by atoms with Gasteiger partial charge >= 0.3 is 0 Å². The Morgan fingerprint density at radius 2 is 2.50 bits per heavy atom. The molecule has 1 unspecified atom stereocenters. The van der Waals surface area contributed by atoms with Gasteiger partial charge in [-0.05, 0) is 12.8 Å². The molecule has 1 N–H and O–H groups in total. The number of nitro groups is 1. The number of rotatable bonds is 6. The van der Waals surface area contributed by atoms with E-state index in [0.717, 1.165) is 13.1 Å². The first-order chi connectivity index (χ1) is 7.63. The zero-order valence-electron chi connectivity index (χ0n) is 9.68. The van der Waals surface area contributed by atoms with E-state index in [4.69, 9.17) is 4.74 Å². The molecule has 0 aromatic heterocycles. The highest BCUT2D eigenvalue weighted by molar-refractivity contribution is 5.81. The maximum Gasteiger partial charge on any atom is 0.271 e. The average molecular weight is 230 g/mol. The number of nitrogens with zero attached hydrogens (tertiary/aromatic N) is 3. The lowest BCUT2D eigenvalue weighted by atomic mass is 10.2. The summed E-state index contributed by atoms with van der Waals surface area (Å²) in [4.78, 5) is 12.2. The van der Waals surface area contributed by atoms with Crippen LogP contribution in [0.4, 0.5) is 0 Å². The van der Waals surface area contributed by atoms with Crippen LogP contribution in [0.2, 0.25) is 0 Å². The maximum atomic E-state index is 10.3. The van der Waals surface area contributed by atoms with Gasteiger partial charge in [0.2, 0.25) is 0 Å². The van der Waals surface area contributed by atoms with Crippen molar-refractivity contribution >= 4 is 5.96 Å². The van der Waals surface area contributed by atoms with Gasteiger partial charge in [0.15, 0.2) is 5.03 Å².